The standard InChI is InChI=1S/C22H28N4O3S/c1-25(2)19-11-7-9-17(15-19)22(27)23-18-10-8-12-20(16-18)30(28,29)24-21-13-5-4-6-14-26(21)3/h7-12,15-16H,4-6,13-14H2,1-3H3,(H,23,27)/b24-21-. The van der Waals surface area contributed by atoms with Crippen LogP contribution in [0.1, 0.15) is 36.0 Å². The Kier molecular flexibility index (Phi) is 6.77. The summed E-state index contributed by atoms with van der Waals surface area (Å²) in [5.74, 6) is 0.283. The first kappa shape index (κ1) is 21.8. The minimum absolute atomic E-state index is 0.0625. The molecule has 7 nitrogen and oxygen atoms in total. The number of amides is 1. The zero-order valence-electron chi connectivity index (χ0n) is 17.6. The van der Waals surface area contributed by atoms with Crippen LogP contribution in [0.25, 0.3) is 0 Å². The number of hydrogen-bond acceptors (Lipinski definition) is 4. The van der Waals surface area contributed by atoms with Crippen LogP contribution in [-0.2, 0) is 10.0 Å². The second kappa shape index (κ2) is 9.30. The van der Waals surface area contributed by atoms with E-state index in [-0.39, 0.29) is 10.8 Å². The predicted octanol–water partition coefficient (Wildman–Crippen LogP) is 3.60. The lowest BCUT2D eigenvalue weighted by molar-refractivity contribution is 0.102. The topological polar surface area (TPSA) is 82.1 Å². The van der Waals surface area contributed by atoms with Crippen LogP contribution in [0, 0.1) is 0 Å². The third kappa shape index (κ3) is 5.38. The number of nitrogens with zero attached hydrogens (tertiary/aromatic N) is 3. The number of anilines is 2. The van der Waals surface area contributed by atoms with Crippen LogP contribution in [0.5, 0.6) is 0 Å². The van der Waals surface area contributed by atoms with Gasteiger partial charge in [-0.1, -0.05) is 18.6 Å². The van der Waals surface area contributed by atoms with Gasteiger partial charge in [0.1, 0.15) is 5.84 Å². The Morgan fingerprint density at radius 1 is 1.07 bits per heavy atom. The molecule has 8 heteroatoms. The van der Waals surface area contributed by atoms with Gasteiger partial charge < -0.3 is 15.1 Å². The van der Waals surface area contributed by atoms with Crippen molar-refractivity contribution < 1.29 is 13.2 Å². The first-order chi connectivity index (χ1) is 14.3. The molecule has 160 valence electrons. The van der Waals surface area contributed by atoms with Crippen LogP contribution >= 0.6 is 0 Å². The summed E-state index contributed by atoms with van der Waals surface area (Å²) in [5.41, 5.74) is 1.81. The van der Waals surface area contributed by atoms with Crippen LogP contribution in [0.2, 0.25) is 0 Å². The molecule has 1 aliphatic heterocycles. The summed E-state index contributed by atoms with van der Waals surface area (Å²) in [6.45, 7) is 0.802. The van der Waals surface area contributed by atoms with E-state index in [1.165, 1.54) is 12.1 Å². The number of likely N-dealkylation sites (tertiary alicyclic amines) is 1. The van der Waals surface area contributed by atoms with Gasteiger partial charge in [0.25, 0.3) is 15.9 Å². The van der Waals surface area contributed by atoms with Gasteiger partial charge in [-0.25, -0.2) is 0 Å². The maximum atomic E-state index is 12.9. The molecular formula is C22H28N4O3S. The van der Waals surface area contributed by atoms with Crippen molar-refractivity contribution in [2.24, 2.45) is 4.40 Å². The number of sulfonamides is 1. The molecule has 1 aliphatic rings. The molecule has 2 aromatic carbocycles. The van der Waals surface area contributed by atoms with Crippen molar-refractivity contribution in [2.75, 3.05) is 37.9 Å². The second-order valence-corrected chi connectivity index (χ2v) is 9.25. The summed E-state index contributed by atoms with van der Waals surface area (Å²) in [6.07, 6.45) is 3.68. The van der Waals surface area contributed by atoms with Gasteiger partial charge in [0.15, 0.2) is 0 Å². The predicted molar refractivity (Wildman–Crippen MR) is 121 cm³/mol. The van der Waals surface area contributed by atoms with Crippen LogP contribution in [-0.4, -0.2) is 52.7 Å². The molecule has 0 unspecified atom stereocenters. The summed E-state index contributed by atoms with van der Waals surface area (Å²) >= 11 is 0. The Hall–Kier alpha value is -2.87. The van der Waals surface area contributed by atoms with E-state index in [1.54, 1.807) is 24.3 Å². The monoisotopic (exact) mass is 428 g/mol. The highest BCUT2D eigenvalue weighted by atomic mass is 32.2. The molecular weight excluding hydrogens is 400 g/mol. The Bertz CT molecular complexity index is 1050. The van der Waals surface area contributed by atoms with E-state index >= 15 is 0 Å². The van der Waals surface area contributed by atoms with E-state index in [2.05, 4.69) is 9.71 Å². The number of carbonyl (C=O) groups excluding carboxylic acids is 1. The van der Waals surface area contributed by atoms with Gasteiger partial charge in [-0.05, 0) is 49.2 Å². The molecule has 30 heavy (non-hydrogen) atoms. The van der Waals surface area contributed by atoms with Crippen molar-refractivity contribution in [2.45, 2.75) is 30.6 Å². The fourth-order valence-electron chi connectivity index (χ4n) is 3.30. The third-order valence-electron chi connectivity index (χ3n) is 5.07. The highest BCUT2D eigenvalue weighted by molar-refractivity contribution is 7.90. The minimum atomic E-state index is -3.86. The molecule has 1 fully saturated rings. The smallest absolute Gasteiger partial charge is 0.284 e. The molecule has 0 aliphatic carbocycles. The van der Waals surface area contributed by atoms with Gasteiger partial charge >= 0.3 is 0 Å². The molecule has 0 spiro atoms. The lowest BCUT2D eigenvalue weighted by atomic mass is 10.1. The molecule has 3 rings (SSSR count). The average molecular weight is 429 g/mol. The average Bonchev–Trinajstić information content (AvgIpc) is 2.92. The summed E-state index contributed by atoms with van der Waals surface area (Å²) in [5, 5.41) is 2.78. The van der Waals surface area contributed by atoms with E-state index in [4.69, 9.17) is 0 Å². The molecule has 2 aromatic rings. The van der Waals surface area contributed by atoms with Crippen molar-refractivity contribution in [1.82, 2.24) is 4.90 Å². The van der Waals surface area contributed by atoms with Gasteiger partial charge in [0, 0.05) is 51.0 Å². The summed E-state index contributed by atoms with van der Waals surface area (Å²) in [7, 11) is 1.81. The Balaban J connectivity index is 1.82. The van der Waals surface area contributed by atoms with Crippen LogP contribution < -0.4 is 10.2 Å². The Labute approximate surface area is 178 Å². The van der Waals surface area contributed by atoms with Crippen molar-refractivity contribution in [3.63, 3.8) is 0 Å². The van der Waals surface area contributed by atoms with Gasteiger partial charge in [0.2, 0.25) is 0 Å². The largest absolute Gasteiger partial charge is 0.378 e. The van der Waals surface area contributed by atoms with Crippen LogP contribution in [0.3, 0.4) is 0 Å². The molecule has 0 bridgehead atoms. The molecule has 1 N–H and O–H groups in total. The first-order valence-corrected chi connectivity index (χ1v) is 11.4. The van der Waals surface area contributed by atoms with Crippen molar-refractivity contribution in [3.8, 4) is 0 Å². The molecule has 0 saturated carbocycles. The summed E-state index contributed by atoms with van der Waals surface area (Å²) in [6, 6.07) is 13.4. The van der Waals surface area contributed by atoms with Crippen molar-refractivity contribution >= 4 is 33.1 Å². The Morgan fingerprint density at radius 3 is 2.60 bits per heavy atom. The van der Waals surface area contributed by atoms with Gasteiger partial charge in [-0.15, -0.1) is 4.40 Å². The molecule has 0 radical (unpaired) electrons. The van der Waals surface area contributed by atoms with Crippen molar-refractivity contribution in [3.05, 3.63) is 54.1 Å². The summed E-state index contributed by atoms with van der Waals surface area (Å²) in [4.78, 5) is 16.5. The van der Waals surface area contributed by atoms with E-state index in [1.807, 2.05) is 43.1 Å². The number of nitrogens with one attached hydrogen (secondary N) is 1. The lowest BCUT2D eigenvalue weighted by Gasteiger charge is -2.17. The van der Waals surface area contributed by atoms with E-state index in [9.17, 15) is 13.2 Å². The highest BCUT2D eigenvalue weighted by Crippen LogP contribution is 2.21. The second-order valence-electron chi connectivity index (χ2n) is 7.64. The molecule has 0 atom stereocenters. The fraction of sp³-hybridized carbons (Fsp3) is 0.364. The number of carbonyl (C=O) groups is 1. The fourth-order valence-corrected chi connectivity index (χ4v) is 4.44. The SMILES string of the molecule is CN1CCCCC/C1=N/S(=O)(=O)c1cccc(NC(=O)c2cccc(N(C)C)c2)c1. The lowest BCUT2D eigenvalue weighted by Crippen LogP contribution is -2.26. The minimum Gasteiger partial charge on any atom is -0.378 e. The number of rotatable bonds is 5. The molecule has 1 saturated heterocycles. The third-order valence-corrected chi connectivity index (χ3v) is 6.38. The van der Waals surface area contributed by atoms with Gasteiger partial charge in [-0.3, -0.25) is 4.79 Å². The van der Waals surface area contributed by atoms with Gasteiger partial charge in [0.05, 0.1) is 4.90 Å². The van der Waals surface area contributed by atoms with Gasteiger partial charge in [-0.2, -0.15) is 8.42 Å². The molecule has 1 heterocycles. The van der Waals surface area contributed by atoms with Crippen molar-refractivity contribution in [1.29, 1.82) is 0 Å². The normalized spacial score (nSPS) is 16.2. The molecule has 0 aromatic heterocycles. The van der Waals surface area contributed by atoms with E-state index in [0.717, 1.165) is 31.5 Å². The highest BCUT2D eigenvalue weighted by Gasteiger charge is 2.19. The number of amidine groups is 1. The quantitative estimate of drug-likeness (QED) is 0.787. The first-order valence-electron chi connectivity index (χ1n) is 10.00. The zero-order chi connectivity index (χ0) is 21.7. The van der Waals surface area contributed by atoms with Crippen LogP contribution in [0.15, 0.2) is 57.8 Å². The maximum Gasteiger partial charge on any atom is 0.284 e. The van der Waals surface area contributed by atoms with E-state index in [0.29, 0.717) is 23.5 Å². The molecule has 1 amide bonds. The number of hydrogen-bond donors (Lipinski definition) is 1. The zero-order valence-corrected chi connectivity index (χ0v) is 18.4. The number of benzene rings is 2. The van der Waals surface area contributed by atoms with E-state index < -0.39 is 10.0 Å². The van der Waals surface area contributed by atoms with Crippen LogP contribution in [0.4, 0.5) is 11.4 Å². The maximum absolute atomic E-state index is 12.9. The Morgan fingerprint density at radius 2 is 1.83 bits per heavy atom. The summed E-state index contributed by atoms with van der Waals surface area (Å²) < 4.78 is 29.8.